The first-order chi connectivity index (χ1) is 16.3. The van der Waals surface area contributed by atoms with Gasteiger partial charge in [0, 0.05) is 52.4 Å². The van der Waals surface area contributed by atoms with Gasteiger partial charge in [-0.05, 0) is 55.7 Å². The average molecular weight is 484 g/mol. The number of carbonyl (C=O) groups excluding carboxylic acids is 1. The summed E-state index contributed by atoms with van der Waals surface area (Å²) in [5.74, 6) is 0.940. The Morgan fingerprint density at radius 3 is 2.59 bits per heavy atom. The summed E-state index contributed by atoms with van der Waals surface area (Å²) in [5, 5.41) is 0. The summed E-state index contributed by atoms with van der Waals surface area (Å²) in [4.78, 5) is 24.5. The number of rotatable bonds is 7. The van der Waals surface area contributed by atoms with Crippen molar-refractivity contribution in [1.82, 2.24) is 23.7 Å². The number of benzene rings is 1. The van der Waals surface area contributed by atoms with Crippen LogP contribution in [0.2, 0.25) is 0 Å². The fraction of sp³-hybridized carbons (Fsp3) is 0.480. The van der Waals surface area contributed by atoms with E-state index in [1.165, 1.54) is 18.4 Å². The highest BCUT2D eigenvalue weighted by Crippen LogP contribution is 2.31. The van der Waals surface area contributed by atoms with Gasteiger partial charge in [-0.2, -0.15) is 0 Å². The van der Waals surface area contributed by atoms with Crippen LogP contribution in [0.25, 0.3) is 11.0 Å². The number of carbonyl (C=O) groups is 1. The summed E-state index contributed by atoms with van der Waals surface area (Å²) in [5.41, 5.74) is 2.66. The molecule has 1 aromatic carbocycles. The Hall–Kier alpha value is -2.78. The lowest BCUT2D eigenvalue weighted by Gasteiger charge is -2.30. The van der Waals surface area contributed by atoms with E-state index >= 15 is 0 Å². The lowest BCUT2D eigenvalue weighted by atomic mass is 10.0. The van der Waals surface area contributed by atoms with Crippen LogP contribution in [0.5, 0.6) is 0 Å². The molecule has 1 fully saturated rings. The van der Waals surface area contributed by atoms with Gasteiger partial charge in [0.25, 0.3) is 0 Å². The number of imidazole rings is 1. The molecule has 34 heavy (non-hydrogen) atoms. The Morgan fingerprint density at radius 1 is 1.12 bits per heavy atom. The maximum atomic E-state index is 13.4. The van der Waals surface area contributed by atoms with Gasteiger partial charge < -0.3 is 9.47 Å². The molecular formula is C25H33N5O3S. The number of sulfonamides is 1. The van der Waals surface area contributed by atoms with Crippen molar-refractivity contribution in [3.63, 3.8) is 0 Å². The molecule has 1 amide bonds. The number of amides is 1. The summed E-state index contributed by atoms with van der Waals surface area (Å²) in [7, 11) is -0.502. The van der Waals surface area contributed by atoms with E-state index in [9.17, 15) is 13.2 Å². The van der Waals surface area contributed by atoms with E-state index in [1.807, 2.05) is 30.0 Å². The van der Waals surface area contributed by atoms with Crippen molar-refractivity contribution in [2.24, 2.45) is 0 Å². The van der Waals surface area contributed by atoms with Crippen LogP contribution in [0.3, 0.4) is 0 Å². The molecule has 0 bridgehead atoms. The largest absolute Gasteiger partial charge is 0.336 e. The molecule has 3 heterocycles. The molecule has 1 saturated heterocycles. The van der Waals surface area contributed by atoms with E-state index < -0.39 is 10.0 Å². The Bertz CT molecular complexity index is 1250. The van der Waals surface area contributed by atoms with Gasteiger partial charge in [0.15, 0.2) is 0 Å². The quantitative estimate of drug-likeness (QED) is 0.510. The third kappa shape index (κ3) is 4.86. The minimum Gasteiger partial charge on any atom is -0.336 e. The molecular weight excluding hydrogens is 450 g/mol. The van der Waals surface area contributed by atoms with Crippen molar-refractivity contribution in [1.29, 1.82) is 0 Å². The zero-order valence-corrected chi connectivity index (χ0v) is 21.0. The summed E-state index contributed by atoms with van der Waals surface area (Å²) in [6.07, 6.45) is 8.69. The molecule has 1 aliphatic rings. The van der Waals surface area contributed by atoms with E-state index in [-0.39, 0.29) is 16.8 Å². The van der Waals surface area contributed by atoms with E-state index in [0.29, 0.717) is 24.9 Å². The maximum Gasteiger partial charge on any atom is 0.242 e. The van der Waals surface area contributed by atoms with Crippen LogP contribution in [-0.2, 0) is 27.8 Å². The van der Waals surface area contributed by atoms with Gasteiger partial charge in [-0.3, -0.25) is 9.78 Å². The molecule has 0 saturated carbocycles. The Morgan fingerprint density at radius 2 is 1.88 bits per heavy atom. The second kappa shape index (κ2) is 10.2. The minimum absolute atomic E-state index is 0.0850. The lowest BCUT2D eigenvalue weighted by Crippen LogP contribution is -2.35. The highest BCUT2D eigenvalue weighted by molar-refractivity contribution is 7.89. The summed E-state index contributed by atoms with van der Waals surface area (Å²) < 4.78 is 28.3. The van der Waals surface area contributed by atoms with E-state index in [1.54, 1.807) is 24.5 Å². The van der Waals surface area contributed by atoms with Crippen LogP contribution in [0.1, 0.15) is 56.5 Å². The molecule has 8 nitrogen and oxygen atoms in total. The molecule has 4 rings (SSSR count). The van der Waals surface area contributed by atoms with Gasteiger partial charge in [0.2, 0.25) is 15.9 Å². The SMILES string of the molecule is CCn1c(CCC(=O)N2CCCCCC2c2ccncc2)nc2cc(S(=O)(=O)N(C)C)ccc21. The molecule has 0 spiro atoms. The number of hydrogen-bond donors (Lipinski definition) is 0. The average Bonchev–Trinajstić information content (AvgIpc) is 3.00. The van der Waals surface area contributed by atoms with Crippen LogP contribution in [0.15, 0.2) is 47.6 Å². The zero-order chi connectivity index (χ0) is 24.3. The van der Waals surface area contributed by atoms with Crippen LogP contribution in [-0.4, -0.2) is 58.7 Å². The molecule has 9 heteroatoms. The van der Waals surface area contributed by atoms with Gasteiger partial charge in [0.05, 0.1) is 22.0 Å². The molecule has 0 radical (unpaired) electrons. The van der Waals surface area contributed by atoms with Crippen molar-refractivity contribution in [3.05, 3.63) is 54.1 Å². The number of likely N-dealkylation sites (tertiary alicyclic amines) is 1. The van der Waals surface area contributed by atoms with Crippen LogP contribution >= 0.6 is 0 Å². The molecule has 1 atom stereocenters. The lowest BCUT2D eigenvalue weighted by molar-refractivity contribution is -0.133. The fourth-order valence-corrected chi connectivity index (χ4v) is 5.70. The predicted molar refractivity (Wildman–Crippen MR) is 132 cm³/mol. The molecule has 2 aromatic heterocycles. The monoisotopic (exact) mass is 483 g/mol. The second-order valence-electron chi connectivity index (χ2n) is 8.94. The molecule has 0 aliphatic carbocycles. The van der Waals surface area contributed by atoms with Crippen LogP contribution in [0.4, 0.5) is 0 Å². The molecule has 3 aromatic rings. The minimum atomic E-state index is -3.54. The summed E-state index contributed by atoms with van der Waals surface area (Å²) in [6, 6.07) is 9.15. The molecule has 1 aliphatic heterocycles. The number of fused-ring (bicyclic) bond motifs is 1. The summed E-state index contributed by atoms with van der Waals surface area (Å²) in [6.45, 7) is 3.50. The number of hydrogen-bond acceptors (Lipinski definition) is 5. The Balaban J connectivity index is 1.56. The molecule has 1 unspecified atom stereocenters. The number of nitrogens with zero attached hydrogens (tertiary/aromatic N) is 5. The first-order valence-corrected chi connectivity index (χ1v) is 13.4. The van der Waals surface area contributed by atoms with Crippen molar-refractivity contribution >= 4 is 27.0 Å². The third-order valence-corrected chi connectivity index (χ3v) is 8.43. The first kappa shape index (κ1) is 24.3. The number of aryl methyl sites for hydroxylation is 2. The summed E-state index contributed by atoms with van der Waals surface area (Å²) >= 11 is 0. The first-order valence-electron chi connectivity index (χ1n) is 11.9. The zero-order valence-electron chi connectivity index (χ0n) is 20.1. The van der Waals surface area contributed by atoms with Crippen molar-refractivity contribution in [2.45, 2.75) is 62.9 Å². The van der Waals surface area contributed by atoms with Gasteiger partial charge in [-0.25, -0.2) is 17.7 Å². The van der Waals surface area contributed by atoms with Gasteiger partial charge in [-0.1, -0.05) is 12.8 Å². The predicted octanol–water partition coefficient (Wildman–Crippen LogP) is 3.78. The standard InChI is InChI=1S/C25H33N5O3S/c1-4-29-23-10-9-20(34(32,33)28(2)3)18-21(23)27-24(29)11-12-25(31)30-17-7-5-6-8-22(30)19-13-15-26-16-14-19/h9-10,13-16,18,22H,4-8,11-12,17H2,1-3H3. The number of aromatic nitrogens is 3. The molecule has 0 N–H and O–H groups in total. The third-order valence-electron chi connectivity index (χ3n) is 6.62. The Labute approximate surface area is 201 Å². The van der Waals surface area contributed by atoms with Crippen LogP contribution in [0, 0.1) is 0 Å². The number of pyridine rings is 1. The van der Waals surface area contributed by atoms with E-state index in [4.69, 9.17) is 4.98 Å². The molecule has 182 valence electrons. The van der Waals surface area contributed by atoms with Crippen LogP contribution < -0.4 is 0 Å². The van der Waals surface area contributed by atoms with Gasteiger partial charge in [0.1, 0.15) is 5.82 Å². The van der Waals surface area contributed by atoms with Gasteiger partial charge >= 0.3 is 0 Å². The highest BCUT2D eigenvalue weighted by Gasteiger charge is 2.27. The second-order valence-corrected chi connectivity index (χ2v) is 11.1. The van der Waals surface area contributed by atoms with Crippen molar-refractivity contribution < 1.29 is 13.2 Å². The Kier molecular flexibility index (Phi) is 7.33. The van der Waals surface area contributed by atoms with Crippen molar-refractivity contribution in [3.8, 4) is 0 Å². The highest BCUT2D eigenvalue weighted by atomic mass is 32.2. The maximum absolute atomic E-state index is 13.4. The topological polar surface area (TPSA) is 88.4 Å². The van der Waals surface area contributed by atoms with E-state index in [0.717, 1.165) is 49.1 Å². The van der Waals surface area contributed by atoms with E-state index in [2.05, 4.69) is 9.55 Å². The van der Waals surface area contributed by atoms with Gasteiger partial charge in [-0.15, -0.1) is 0 Å². The smallest absolute Gasteiger partial charge is 0.242 e. The normalized spacial score (nSPS) is 17.3. The fourth-order valence-electron chi connectivity index (χ4n) is 4.78. The van der Waals surface area contributed by atoms with Crippen molar-refractivity contribution in [2.75, 3.05) is 20.6 Å².